The van der Waals surface area contributed by atoms with E-state index in [9.17, 15) is 8.42 Å². The molecule has 1 aliphatic heterocycles. The first-order valence-electron chi connectivity index (χ1n) is 8.01. The van der Waals surface area contributed by atoms with E-state index in [4.69, 9.17) is 0 Å². The lowest BCUT2D eigenvalue weighted by molar-refractivity contribution is 0.222. The molecule has 0 radical (unpaired) electrons. The molecule has 124 valence electrons. The molecule has 0 atom stereocenters. The van der Waals surface area contributed by atoms with Gasteiger partial charge in [-0.05, 0) is 63.0 Å². The molecule has 22 heavy (non-hydrogen) atoms. The summed E-state index contributed by atoms with van der Waals surface area (Å²) in [7, 11) is -2.52. The maximum atomic E-state index is 11.4. The Kier molecular flexibility index (Phi) is 7.86. The fourth-order valence-corrected chi connectivity index (χ4v) is 3.68. The molecule has 4 nitrogen and oxygen atoms in total. The van der Waals surface area contributed by atoms with Crippen molar-refractivity contribution in [1.82, 2.24) is 9.21 Å². The van der Waals surface area contributed by atoms with Crippen LogP contribution in [0.5, 0.6) is 0 Å². The van der Waals surface area contributed by atoms with E-state index < -0.39 is 10.9 Å². The number of likely N-dealkylation sites (tertiary alicyclic amines) is 1. The van der Waals surface area contributed by atoms with Gasteiger partial charge in [0, 0.05) is 17.6 Å². The highest BCUT2D eigenvalue weighted by Gasteiger charge is 2.11. The Morgan fingerprint density at radius 1 is 1.05 bits per heavy atom. The van der Waals surface area contributed by atoms with E-state index >= 15 is 0 Å². The summed E-state index contributed by atoms with van der Waals surface area (Å²) in [6, 6.07) is 7.82. The summed E-state index contributed by atoms with van der Waals surface area (Å²) < 4.78 is 25.4. The average Bonchev–Trinajstić information content (AvgIpc) is 2.53. The number of hydrogen-bond acceptors (Lipinski definition) is 3. The normalized spacial score (nSPS) is 16.5. The van der Waals surface area contributed by atoms with Gasteiger partial charge in [-0.2, -0.15) is 4.31 Å². The molecule has 0 spiro atoms. The predicted octanol–water partition coefficient (Wildman–Crippen LogP) is 3.04. The monoisotopic (exact) mass is 388 g/mol. The van der Waals surface area contributed by atoms with Crippen LogP contribution in [-0.4, -0.2) is 43.8 Å². The highest BCUT2D eigenvalue weighted by Crippen LogP contribution is 2.13. The minimum Gasteiger partial charge on any atom is -0.303 e. The van der Waals surface area contributed by atoms with Gasteiger partial charge in [-0.25, -0.2) is 8.42 Å². The van der Waals surface area contributed by atoms with E-state index in [1.807, 2.05) is 24.3 Å². The third kappa shape index (κ3) is 6.36. The minimum absolute atomic E-state index is 0.468. The van der Waals surface area contributed by atoms with Crippen molar-refractivity contribution in [1.29, 1.82) is 0 Å². The van der Waals surface area contributed by atoms with Gasteiger partial charge in [0.25, 0.3) is 0 Å². The molecule has 0 N–H and O–H groups in total. The third-order valence-electron chi connectivity index (χ3n) is 4.10. The Bertz CT molecular complexity index is 505. The zero-order valence-corrected chi connectivity index (χ0v) is 15.4. The summed E-state index contributed by atoms with van der Waals surface area (Å²) in [5.41, 5.74) is 1.03. The second-order valence-electron chi connectivity index (χ2n) is 5.86. The van der Waals surface area contributed by atoms with Crippen LogP contribution in [0.4, 0.5) is 0 Å². The molecule has 0 amide bonds. The first-order valence-corrected chi connectivity index (χ1v) is 9.93. The van der Waals surface area contributed by atoms with Crippen molar-refractivity contribution in [2.24, 2.45) is 0 Å². The number of nitrogens with zero attached hydrogens (tertiary/aromatic N) is 2. The first kappa shape index (κ1) is 17.9. The summed E-state index contributed by atoms with van der Waals surface area (Å²) in [4.78, 5) is 2.50. The summed E-state index contributed by atoms with van der Waals surface area (Å²) in [6.07, 6.45) is 5.97. The second-order valence-corrected chi connectivity index (χ2v) is 7.82. The van der Waals surface area contributed by atoms with Gasteiger partial charge >= 0.3 is 0 Å². The van der Waals surface area contributed by atoms with Gasteiger partial charge in [0.15, 0.2) is 0 Å². The largest absolute Gasteiger partial charge is 0.303 e. The summed E-state index contributed by atoms with van der Waals surface area (Å²) >= 11 is 3.39. The molecular formula is C16H25BrN2O2S. The molecular weight excluding hydrogens is 364 g/mol. The smallest absolute Gasteiger partial charge is 0.204 e. The summed E-state index contributed by atoms with van der Waals surface area (Å²) in [5.74, 6) is 0. The van der Waals surface area contributed by atoms with Gasteiger partial charge in [-0.3, -0.25) is 0 Å². The molecule has 0 aromatic heterocycles. The molecule has 6 heteroatoms. The number of thiol groups is 1. The van der Waals surface area contributed by atoms with Crippen molar-refractivity contribution in [3.63, 3.8) is 0 Å². The Morgan fingerprint density at radius 2 is 1.73 bits per heavy atom. The predicted molar refractivity (Wildman–Crippen MR) is 94.4 cm³/mol. The molecule has 0 bridgehead atoms. The van der Waals surface area contributed by atoms with E-state index in [0.717, 1.165) is 29.4 Å². The molecule has 1 saturated heterocycles. The first-order chi connectivity index (χ1) is 10.6. The lowest BCUT2D eigenvalue weighted by Gasteiger charge is -2.26. The average molecular weight is 389 g/mol. The van der Waals surface area contributed by atoms with E-state index in [-0.39, 0.29) is 0 Å². The van der Waals surface area contributed by atoms with Gasteiger partial charge in [0.05, 0.1) is 0 Å². The maximum Gasteiger partial charge on any atom is 0.204 e. The fraction of sp³-hybridized carbons (Fsp3) is 0.625. The standard InChI is InChI=1S/C16H25BrN2O2S/c17-16-8-6-15(7-9-16)14-19(22(20)21)13-5-4-12-18-10-2-1-3-11-18/h6-9,22H,1-5,10-14H2. The fourth-order valence-electron chi connectivity index (χ4n) is 2.83. The molecule has 1 aliphatic rings. The quantitative estimate of drug-likeness (QED) is 0.549. The molecule has 1 aromatic carbocycles. The molecule has 1 fully saturated rings. The Balaban J connectivity index is 1.73. The van der Waals surface area contributed by atoms with Crippen LogP contribution < -0.4 is 0 Å². The Hall–Kier alpha value is -0.430. The van der Waals surface area contributed by atoms with Crippen LogP contribution >= 0.6 is 15.9 Å². The van der Waals surface area contributed by atoms with E-state index in [1.54, 1.807) is 4.31 Å². The van der Waals surface area contributed by atoms with E-state index in [0.29, 0.717) is 13.1 Å². The van der Waals surface area contributed by atoms with Crippen LogP contribution in [-0.2, 0) is 17.4 Å². The van der Waals surface area contributed by atoms with Crippen molar-refractivity contribution in [2.75, 3.05) is 26.2 Å². The number of benzene rings is 1. The summed E-state index contributed by atoms with van der Waals surface area (Å²) in [5, 5.41) is 0. The van der Waals surface area contributed by atoms with Crippen molar-refractivity contribution in [2.45, 2.75) is 38.6 Å². The molecule has 1 heterocycles. The molecule has 0 aliphatic carbocycles. The molecule has 2 rings (SSSR count). The molecule has 1 aromatic rings. The number of halogens is 1. The maximum absolute atomic E-state index is 11.4. The van der Waals surface area contributed by atoms with Gasteiger partial charge in [0.1, 0.15) is 0 Å². The number of unbranched alkanes of at least 4 members (excludes halogenated alkanes) is 1. The van der Waals surface area contributed by atoms with Gasteiger partial charge in [-0.1, -0.05) is 34.5 Å². The SMILES string of the molecule is O=[SH](=O)N(CCCCN1CCCCC1)Cc1ccc(Br)cc1. The Morgan fingerprint density at radius 3 is 2.36 bits per heavy atom. The van der Waals surface area contributed by atoms with E-state index in [1.165, 1.54) is 32.4 Å². The number of rotatable bonds is 8. The van der Waals surface area contributed by atoms with Gasteiger partial charge < -0.3 is 4.90 Å². The van der Waals surface area contributed by atoms with Crippen LogP contribution in [0, 0.1) is 0 Å². The van der Waals surface area contributed by atoms with Crippen LogP contribution in [0.15, 0.2) is 28.7 Å². The second kappa shape index (κ2) is 9.65. The van der Waals surface area contributed by atoms with Crippen LogP contribution in [0.2, 0.25) is 0 Å². The lowest BCUT2D eigenvalue weighted by Crippen LogP contribution is -2.31. The number of piperidine rings is 1. The zero-order valence-electron chi connectivity index (χ0n) is 12.9. The third-order valence-corrected chi connectivity index (χ3v) is 5.43. The minimum atomic E-state index is -2.52. The zero-order chi connectivity index (χ0) is 15.8. The highest BCUT2D eigenvalue weighted by molar-refractivity contribution is 9.10. The lowest BCUT2D eigenvalue weighted by atomic mass is 10.1. The molecule has 0 saturated carbocycles. The van der Waals surface area contributed by atoms with Crippen LogP contribution in [0.25, 0.3) is 0 Å². The van der Waals surface area contributed by atoms with Crippen molar-refractivity contribution >= 4 is 26.8 Å². The highest BCUT2D eigenvalue weighted by atomic mass is 79.9. The number of hydrogen-bond donors (Lipinski definition) is 1. The van der Waals surface area contributed by atoms with Crippen molar-refractivity contribution in [3.8, 4) is 0 Å². The van der Waals surface area contributed by atoms with Crippen molar-refractivity contribution < 1.29 is 8.42 Å². The van der Waals surface area contributed by atoms with Gasteiger partial charge in [-0.15, -0.1) is 0 Å². The van der Waals surface area contributed by atoms with Crippen LogP contribution in [0.1, 0.15) is 37.7 Å². The Labute approximate surface area is 143 Å². The molecule has 0 unspecified atom stereocenters. The topological polar surface area (TPSA) is 40.6 Å². The van der Waals surface area contributed by atoms with E-state index in [2.05, 4.69) is 20.8 Å². The summed E-state index contributed by atoms with van der Waals surface area (Å²) in [6.45, 7) is 4.59. The van der Waals surface area contributed by atoms with Crippen molar-refractivity contribution in [3.05, 3.63) is 34.3 Å². The van der Waals surface area contributed by atoms with Crippen LogP contribution in [0.3, 0.4) is 0 Å². The van der Waals surface area contributed by atoms with Gasteiger partial charge in [0.2, 0.25) is 10.9 Å².